The summed E-state index contributed by atoms with van der Waals surface area (Å²) in [5.41, 5.74) is 3.28. The maximum Gasteiger partial charge on any atom is 0.332 e. The monoisotopic (exact) mass is 513 g/mol. The highest BCUT2D eigenvalue weighted by Crippen LogP contribution is 2.41. The Labute approximate surface area is 212 Å². The van der Waals surface area contributed by atoms with Gasteiger partial charge in [0.2, 0.25) is 10.0 Å². The zero-order valence-corrected chi connectivity index (χ0v) is 20.9. The summed E-state index contributed by atoms with van der Waals surface area (Å²) in [7, 11) is -1.79. The zero-order chi connectivity index (χ0) is 26.2. The highest BCUT2D eigenvalue weighted by atomic mass is 32.2. The van der Waals surface area contributed by atoms with Crippen LogP contribution in [0.1, 0.15) is 0 Å². The van der Waals surface area contributed by atoms with E-state index < -0.39 is 21.3 Å². The highest BCUT2D eigenvalue weighted by molar-refractivity contribution is 7.92. The van der Waals surface area contributed by atoms with Crippen LogP contribution in [-0.2, 0) is 10.0 Å². The van der Waals surface area contributed by atoms with E-state index in [0.717, 1.165) is 39.3 Å². The topological polar surface area (TPSA) is 110 Å². The number of hydrogen-bond donors (Lipinski definition) is 2. The number of anilines is 1. The number of hydrogen-bond acceptors (Lipinski definition) is 5. The van der Waals surface area contributed by atoms with Gasteiger partial charge < -0.3 is 4.74 Å². The molecule has 0 amide bonds. The van der Waals surface area contributed by atoms with Crippen molar-refractivity contribution < 1.29 is 13.2 Å². The van der Waals surface area contributed by atoms with E-state index in [4.69, 9.17) is 4.74 Å². The molecule has 5 rings (SSSR count). The maximum atomic E-state index is 12.6. The van der Waals surface area contributed by atoms with Crippen molar-refractivity contribution in [1.82, 2.24) is 9.55 Å². The van der Waals surface area contributed by atoms with Gasteiger partial charge in [0, 0.05) is 29.1 Å². The Balaban J connectivity index is 1.73. The zero-order valence-electron chi connectivity index (χ0n) is 20.1. The number of aromatic amines is 1. The van der Waals surface area contributed by atoms with Crippen LogP contribution < -0.4 is 20.7 Å². The molecule has 5 aromatic rings. The number of H-pyrrole nitrogens is 1. The number of rotatable bonds is 6. The van der Waals surface area contributed by atoms with Crippen LogP contribution in [0.25, 0.3) is 38.7 Å². The molecule has 0 saturated heterocycles. The molecule has 9 heteroatoms. The molecule has 0 spiro atoms. The van der Waals surface area contributed by atoms with Crippen LogP contribution in [0.5, 0.6) is 5.75 Å². The molecule has 2 N–H and O–H groups in total. The Morgan fingerprint density at radius 2 is 1.49 bits per heavy atom. The summed E-state index contributed by atoms with van der Waals surface area (Å²) in [6.45, 7) is 0. The van der Waals surface area contributed by atoms with Gasteiger partial charge in [0.1, 0.15) is 5.75 Å². The molecule has 186 valence electrons. The third-order valence-corrected chi connectivity index (χ3v) is 6.53. The molecule has 0 aliphatic heterocycles. The van der Waals surface area contributed by atoms with Crippen molar-refractivity contribution in [3.63, 3.8) is 0 Å². The largest absolute Gasteiger partial charge is 0.495 e. The molecule has 1 aromatic heterocycles. The maximum absolute atomic E-state index is 12.6. The van der Waals surface area contributed by atoms with Crippen LogP contribution in [0, 0.1) is 0 Å². The molecule has 0 atom stereocenters. The van der Waals surface area contributed by atoms with E-state index in [9.17, 15) is 18.0 Å². The second-order valence-corrected chi connectivity index (χ2v) is 10.3. The first-order chi connectivity index (χ1) is 17.7. The predicted molar refractivity (Wildman–Crippen MR) is 146 cm³/mol. The van der Waals surface area contributed by atoms with Crippen molar-refractivity contribution in [3.8, 4) is 33.7 Å². The number of fused-ring (bicyclic) bond motifs is 1. The summed E-state index contributed by atoms with van der Waals surface area (Å²) in [6, 6.07) is 25.8. The lowest BCUT2D eigenvalue weighted by Gasteiger charge is -2.18. The fraction of sp³-hybridized carbons (Fsp3) is 0.0714. The average molecular weight is 514 g/mol. The number of aromatic nitrogens is 2. The first kappa shape index (κ1) is 24.1. The van der Waals surface area contributed by atoms with Gasteiger partial charge in [-0.15, -0.1) is 0 Å². The molecule has 0 aliphatic rings. The van der Waals surface area contributed by atoms with Crippen molar-refractivity contribution in [2.24, 2.45) is 0 Å². The summed E-state index contributed by atoms with van der Waals surface area (Å²) in [5, 5.41) is 1.75. The van der Waals surface area contributed by atoms with E-state index >= 15 is 0 Å². The lowest BCUT2D eigenvalue weighted by atomic mass is 9.94. The molecule has 0 aliphatic carbocycles. The van der Waals surface area contributed by atoms with Gasteiger partial charge in [0.05, 0.1) is 19.1 Å². The van der Waals surface area contributed by atoms with E-state index in [0.29, 0.717) is 17.1 Å². The van der Waals surface area contributed by atoms with Crippen molar-refractivity contribution in [2.45, 2.75) is 0 Å². The number of nitrogens with zero attached hydrogens (tertiary/aromatic N) is 1. The first-order valence-corrected chi connectivity index (χ1v) is 13.2. The van der Waals surface area contributed by atoms with Gasteiger partial charge in [0.25, 0.3) is 5.56 Å². The van der Waals surface area contributed by atoms with Crippen LogP contribution in [0.2, 0.25) is 0 Å². The fourth-order valence-electron chi connectivity index (χ4n) is 4.33. The van der Waals surface area contributed by atoms with Crippen LogP contribution in [0.4, 0.5) is 5.69 Å². The first-order valence-electron chi connectivity index (χ1n) is 11.3. The summed E-state index contributed by atoms with van der Waals surface area (Å²) in [5.74, 6) is 0.627. The molecule has 0 unspecified atom stereocenters. The molecule has 1 heterocycles. The van der Waals surface area contributed by atoms with Crippen molar-refractivity contribution in [1.29, 1.82) is 0 Å². The third-order valence-electron chi connectivity index (χ3n) is 5.92. The minimum absolute atomic E-state index is 0.475. The minimum Gasteiger partial charge on any atom is -0.495 e. The van der Waals surface area contributed by atoms with E-state index in [2.05, 4.69) is 9.71 Å². The molecule has 4 aromatic carbocycles. The lowest BCUT2D eigenvalue weighted by Crippen LogP contribution is -2.27. The highest BCUT2D eigenvalue weighted by Gasteiger charge is 2.17. The van der Waals surface area contributed by atoms with Gasteiger partial charge in [-0.2, -0.15) is 0 Å². The van der Waals surface area contributed by atoms with Crippen LogP contribution in [-0.4, -0.2) is 31.3 Å². The SMILES string of the molecule is COc1c(-c2ccccc2)cc(-n2ccc(=O)[nH]c2=O)cc1-c1ccc2cc(NS(C)(=O)=O)ccc2c1. The molecular weight excluding hydrogens is 490 g/mol. The van der Waals surface area contributed by atoms with E-state index in [1.54, 1.807) is 19.2 Å². The smallest absolute Gasteiger partial charge is 0.332 e. The quantitative estimate of drug-likeness (QED) is 0.350. The molecule has 37 heavy (non-hydrogen) atoms. The Morgan fingerprint density at radius 1 is 0.811 bits per heavy atom. The Bertz CT molecular complexity index is 1860. The Kier molecular flexibility index (Phi) is 6.14. The normalized spacial score (nSPS) is 11.4. The third kappa shape index (κ3) is 5.03. The van der Waals surface area contributed by atoms with Crippen LogP contribution in [0.3, 0.4) is 0 Å². The van der Waals surface area contributed by atoms with Crippen LogP contribution in [0.15, 0.2) is 101 Å². The van der Waals surface area contributed by atoms with Crippen molar-refractivity contribution >= 4 is 26.5 Å². The van der Waals surface area contributed by atoms with E-state index in [1.807, 2.05) is 66.7 Å². The predicted octanol–water partition coefficient (Wildman–Crippen LogP) is 4.39. The number of ether oxygens (including phenoxy) is 1. The second kappa shape index (κ2) is 9.44. The lowest BCUT2D eigenvalue weighted by molar-refractivity contribution is 0.418. The molecular formula is C28H23N3O5S. The second-order valence-electron chi connectivity index (χ2n) is 8.57. The van der Waals surface area contributed by atoms with Crippen molar-refractivity contribution in [3.05, 3.63) is 112 Å². The van der Waals surface area contributed by atoms with Gasteiger partial charge in [-0.1, -0.05) is 48.5 Å². The van der Waals surface area contributed by atoms with Gasteiger partial charge in [0.15, 0.2) is 0 Å². The van der Waals surface area contributed by atoms with Gasteiger partial charge in [-0.05, 0) is 52.2 Å². The number of methoxy groups -OCH3 is 1. The standard InChI is InChI=1S/C28H23N3O5S/c1-36-27-24(18-6-4-3-5-7-18)16-23(31-13-12-26(32)29-28(31)33)17-25(27)21-9-8-20-15-22(30-37(2,34)35)11-10-19(20)14-21/h3-17,30H,1-2H3,(H,29,32,33). The molecule has 0 radical (unpaired) electrons. The fourth-order valence-corrected chi connectivity index (χ4v) is 4.89. The summed E-state index contributed by atoms with van der Waals surface area (Å²) < 4.78 is 33.0. The molecule has 0 saturated carbocycles. The van der Waals surface area contributed by atoms with Gasteiger partial charge >= 0.3 is 5.69 Å². The number of benzene rings is 4. The Morgan fingerprint density at radius 3 is 2.16 bits per heavy atom. The van der Waals surface area contributed by atoms with E-state index in [-0.39, 0.29) is 0 Å². The molecule has 8 nitrogen and oxygen atoms in total. The number of nitrogens with one attached hydrogen (secondary N) is 2. The molecule has 0 bridgehead atoms. The molecule has 0 fully saturated rings. The summed E-state index contributed by atoms with van der Waals surface area (Å²) in [6.07, 6.45) is 2.55. The van der Waals surface area contributed by atoms with Gasteiger partial charge in [-0.3, -0.25) is 19.1 Å². The Hall–Kier alpha value is -4.63. The summed E-state index contributed by atoms with van der Waals surface area (Å²) in [4.78, 5) is 26.6. The number of sulfonamides is 1. The summed E-state index contributed by atoms with van der Waals surface area (Å²) >= 11 is 0. The van der Waals surface area contributed by atoms with Crippen LogP contribution >= 0.6 is 0 Å². The minimum atomic E-state index is -3.39. The van der Waals surface area contributed by atoms with Gasteiger partial charge in [-0.25, -0.2) is 13.2 Å². The van der Waals surface area contributed by atoms with Crippen molar-refractivity contribution in [2.75, 3.05) is 18.1 Å². The van der Waals surface area contributed by atoms with E-state index in [1.165, 1.54) is 16.8 Å². The average Bonchev–Trinajstić information content (AvgIpc) is 2.87.